The molecule has 2 atom stereocenters. The highest BCUT2D eigenvalue weighted by Gasteiger charge is 2.56. The van der Waals surface area contributed by atoms with E-state index < -0.39 is 0 Å². The van der Waals surface area contributed by atoms with Crippen LogP contribution in [0.25, 0.3) is 0 Å². The smallest absolute Gasteiger partial charge is 0.167 e. The second-order valence-corrected chi connectivity index (χ2v) is 6.77. The van der Waals surface area contributed by atoms with Crippen LogP contribution in [0.15, 0.2) is 10.5 Å². The van der Waals surface area contributed by atoms with E-state index >= 15 is 0 Å². The highest BCUT2D eigenvalue weighted by atomic mass is 79.9. The Morgan fingerprint density at radius 1 is 1.17 bits per heavy atom. The fraction of sp³-hybridized carbons (Fsp3) is 0.562. The van der Waals surface area contributed by atoms with Crippen molar-refractivity contribution < 1.29 is 4.79 Å². The summed E-state index contributed by atoms with van der Waals surface area (Å²) in [6.45, 7) is 6.22. The van der Waals surface area contributed by atoms with Crippen LogP contribution in [0.1, 0.15) is 46.3 Å². The van der Waals surface area contributed by atoms with Crippen molar-refractivity contribution in [2.75, 3.05) is 0 Å². The molecule has 0 saturated heterocycles. The standard InChI is InChI=1S/C16H19BrO/c1-8-7-9(2)15(17)10(3)13(8)16(18)14-11-5-4-6-12(11)14/h7,11-12,14H,4-6H2,1-3H3. The predicted molar refractivity (Wildman–Crippen MR) is 77.0 cm³/mol. The second kappa shape index (κ2) is 4.19. The molecule has 2 aliphatic rings. The van der Waals surface area contributed by atoms with E-state index in [2.05, 4.69) is 42.8 Å². The quantitative estimate of drug-likeness (QED) is 0.730. The first-order chi connectivity index (χ1) is 8.52. The molecule has 2 fully saturated rings. The van der Waals surface area contributed by atoms with Gasteiger partial charge in [-0.15, -0.1) is 0 Å². The Morgan fingerprint density at radius 3 is 2.39 bits per heavy atom. The molecule has 1 nitrogen and oxygen atoms in total. The number of aryl methyl sites for hydroxylation is 2. The van der Waals surface area contributed by atoms with Gasteiger partial charge in [0.1, 0.15) is 0 Å². The van der Waals surface area contributed by atoms with Gasteiger partial charge >= 0.3 is 0 Å². The molecule has 0 radical (unpaired) electrons. The number of carbonyl (C=O) groups is 1. The zero-order chi connectivity index (χ0) is 13.0. The van der Waals surface area contributed by atoms with Crippen molar-refractivity contribution in [1.29, 1.82) is 0 Å². The lowest BCUT2D eigenvalue weighted by Crippen LogP contribution is -2.11. The summed E-state index contributed by atoms with van der Waals surface area (Å²) in [4.78, 5) is 12.7. The lowest BCUT2D eigenvalue weighted by molar-refractivity contribution is 0.0950. The van der Waals surface area contributed by atoms with Gasteiger partial charge in [-0.25, -0.2) is 0 Å². The minimum absolute atomic E-state index is 0.339. The van der Waals surface area contributed by atoms with Crippen LogP contribution in [-0.4, -0.2) is 5.78 Å². The Hall–Kier alpha value is -0.630. The van der Waals surface area contributed by atoms with Crippen LogP contribution in [0.2, 0.25) is 0 Å². The zero-order valence-electron chi connectivity index (χ0n) is 11.2. The summed E-state index contributed by atoms with van der Waals surface area (Å²) in [6.07, 6.45) is 3.87. The summed E-state index contributed by atoms with van der Waals surface area (Å²) in [5, 5.41) is 0. The first kappa shape index (κ1) is 12.4. The molecule has 0 bridgehead atoms. The number of rotatable bonds is 2. The minimum Gasteiger partial charge on any atom is -0.294 e. The Bertz CT molecular complexity index is 522. The van der Waals surface area contributed by atoms with Crippen LogP contribution in [-0.2, 0) is 0 Å². The van der Waals surface area contributed by atoms with Crippen LogP contribution < -0.4 is 0 Å². The maximum absolute atomic E-state index is 12.7. The van der Waals surface area contributed by atoms with E-state index in [1.54, 1.807) is 0 Å². The van der Waals surface area contributed by atoms with Gasteiger partial charge < -0.3 is 0 Å². The molecule has 0 spiro atoms. The predicted octanol–water partition coefficient (Wildman–Crippen LogP) is 4.60. The Balaban J connectivity index is 1.97. The van der Waals surface area contributed by atoms with E-state index in [-0.39, 0.29) is 0 Å². The molecule has 1 aromatic rings. The monoisotopic (exact) mass is 306 g/mol. The summed E-state index contributed by atoms with van der Waals surface area (Å²) in [5.74, 6) is 2.15. The number of hydrogen-bond donors (Lipinski definition) is 0. The van der Waals surface area contributed by atoms with E-state index in [1.165, 1.54) is 24.8 Å². The van der Waals surface area contributed by atoms with Gasteiger partial charge in [-0.3, -0.25) is 4.79 Å². The molecule has 0 heterocycles. The topological polar surface area (TPSA) is 17.1 Å². The zero-order valence-corrected chi connectivity index (χ0v) is 12.8. The van der Waals surface area contributed by atoms with Crippen LogP contribution in [0, 0.1) is 38.5 Å². The molecule has 2 aliphatic carbocycles. The van der Waals surface area contributed by atoms with Crippen molar-refractivity contribution in [1.82, 2.24) is 0 Å². The van der Waals surface area contributed by atoms with Gasteiger partial charge in [-0.05, 0) is 62.1 Å². The van der Waals surface area contributed by atoms with Crippen molar-refractivity contribution in [3.05, 3.63) is 32.8 Å². The molecule has 18 heavy (non-hydrogen) atoms. The molecular formula is C16H19BrO. The molecule has 3 rings (SSSR count). The summed E-state index contributed by atoms with van der Waals surface area (Å²) in [6, 6.07) is 2.13. The molecule has 0 aliphatic heterocycles. The average Bonchev–Trinajstić information content (AvgIpc) is 2.80. The Kier molecular flexibility index (Phi) is 2.89. The molecule has 1 aromatic carbocycles. The van der Waals surface area contributed by atoms with Crippen LogP contribution in [0.4, 0.5) is 0 Å². The van der Waals surface area contributed by atoms with E-state index in [1.807, 2.05) is 0 Å². The number of carbonyl (C=O) groups excluding carboxylic acids is 1. The molecule has 0 amide bonds. The van der Waals surface area contributed by atoms with Gasteiger partial charge in [0, 0.05) is 16.0 Å². The summed E-state index contributed by atoms with van der Waals surface area (Å²) in [5.41, 5.74) is 4.47. The third kappa shape index (κ3) is 1.69. The maximum Gasteiger partial charge on any atom is 0.167 e. The van der Waals surface area contributed by atoms with Gasteiger partial charge in [-0.1, -0.05) is 28.4 Å². The largest absolute Gasteiger partial charge is 0.294 e. The Morgan fingerprint density at radius 2 is 1.78 bits per heavy atom. The first-order valence-corrected chi connectivity index (χ1v) is 7.62. The molecule has 0 N–H and O–H groups in total. The van der Waals surface area contributed by atoms with Gasteiger partial charge in [0.05, 0.1) is 0 Å². The van der Waals surface area contributed by atoms with Crippen molar-refractivity contribution >= 4 is 21.7 Å². The molecule has 2 saturated carbocycles. The van der Waals surface area contributed by atoms with E-state index in [4.69, 9.17) is 0 Å². The number of halogens is 1. The summed E-state index contributed by atoms with van der Waals surface area (Å²) in [7, 11) is 0. The maximum atomic E-state index is 12.7. The Labute approximate surface area is 117 Å². The fourth-order valence-electron chi connectivity index (χ4n) is 3.92. The van der Waals surface area contributed by atoms with E-state index in [0.29, 0.717) is 23.5 Å². The van der Waals surface area contributed by atoms with Gasteiger partial charge in [0.2, 0.25) is 0 Å². The number of hydrogen-bond acceptors (Lipinski definition) is 1. The number of Topliss-reactive ketones (excluding diaryl/α,β-unsaturated/α-hetero) is 1. The van der Waals surface area contributed by atoms with Gasteiger partial charge in [0.15, 0.2) is 5.78 Å². The highest BCUT2D eigenvalue weighted by molar-refractivity contribution is 9.10. The third-order valence-corrected chi connectivity index (χ3v) is 6.05. The third-order valence-electron chi connectivity index (χ3n) is 4.83. The highest BCUT2D eigenvalue weighted by Crippen LogP contribution is 2.58. The molecule has 2 heteroatoms. The number of ketones is 1. The van der Waals surface area contributed by atoms with Gasteiger partial charge in [0.25, 0.3) is 0 Å². The van der Waals surface area contributed by atoms with Crippen molar-refractivity contribution in [2.45, 2.75) is 40.0 Å². The SMILES string of the molecule is Cc1cc(C)c(C(=O)C2C3CCCC32)c(C)c1Br. The average molecular weight is 307 g/mol. The minimum atomic E-state index is 0.339. The molecular weight excluding hydrogens is 288 g/mol. The molecule has 2 unspecified atom stereocenters. The van der Waals surface area contributed by atoms with E-state index in [0.717, 1.165) is 21.2 Å². The van der Waals surface area contributed by atoms with Gasteiger partial charge in [-0.2, -0.15) is 0 Å². The first-order valence-electron chi connectivity index (χ1n) is 6.83. The van der Waals surface area contributed by atoms with Crippen LogP contribution >= 0.6 is 15.9 Å². The molecule has 0 aromatic heterocycles. The number of benzene rings is 1. The van der Waals surface area contributed by atoms with Crippen LogP contribution in [0.3, 0.4) is 0 Å². The van der Waals surface area contributed by atoms with E-state index in [9.17, 15) is 4.79 Å². The lowest BCUT2D eigenvalue weighted by Gasteiger charge is -2.14. The van der Waals surface area contributed by atoms with Crippen molar-refractivity contribution in [2.24, 2.45) is 17.8 Å². The second-order valence-electron chi connectivity index (χ2n) is 5.97. The fourth-order valence-corrected chi connectivity index (χ4v) is 4.23. The summed E-state index contributed by atoms with van der Waals surface area (Å²) >= 11 is 3.61. The normalized spacial score (nSPS) is 29.2. The number of fused-ring (bicyclic) bond motifs is 1. The van der Waals surface area contributed by atoms with Crippen molar-refractivity contribution in [3.63, 3.8) is 0 Å². The van der Waals surface area contributed by atoms with Crippen LogP contribution in [0.5, 0.6) is 0 Å². The summed E-state index contributed by atoms with van der Waals surface area (Å²) < 4.78 is 1.10. The van der Waals surface area contributed by atoms with Crippen molar-refractivity contribution in [3.8, 4) is 0 Å². The molecule has 96 valence electrons. The lowest BCUT2D eigenvalue weighted by atomic mass is 9.92.